The Balaban J connectivity index is 2.54. The molecule has 0 aromatic rings. The van der Waals surface area contributed by atoms with E-state index in [4.69, 9.17) is 18.9 Å². The zero-order chi connectivity index (χ0) is 18.1. The van der Waals surface area contributed by atoms with Gasteiger partial charge in [-0.2, -0.15) is 0 Å². The van der Waals surface area contributed by atoms with Gasteiger partial charge in [-0.1, -0.05) is 0 Å². The normalized spacial score (nSPS) is 34.2. The van der Waals surface area contributed by atoms with Gasteiger partial charge in [0.05, 0.1) is 51.1 Å². The summed E-state index contributed by atoms with van der Waals surface area (Å²) in [6.07, 6.45) is 0.313. The summed E-state index contributed by atoms with van der Waals surface area (Å²) < 4.78 is 19.4. The molecule has 8 nitrogen and oxygen atoms in total. The van der Waals surface area contributed by atoms with Gasteiger partial charge in [0.1, 0.15) is 0 Å². The minimum absolute atomic E-state index is 0.0783. The molecule has 2 aliphatic carbocycles. The van der Waals surface area contributed by atoms with Crippen LogP contribution in [0.15, 0.2) is 0 Å². The van der Waals surface area contributed by atoms with Crippen LogP contribution in [0.25, 0.3) is 0 Å². The predicted octanol–water partition coefficient (Wildman–Crippen LogP) is 0.471. The Morgan fingerprint density at radius 3 is 1.12 bits per heavy atom. The average molecular weight is 342 g/mol. The summed E-state index contributed by atoms with van der Waals surface area (Å²) in [5.74, 6) is -3.49. The lowest BCUT2D eigenvalue weighted by atomic mass is 9.68. The number of carbonyl (C=O) groups is 4. The van der Waals surface area contributed by atoms with Gasteiger partial charge in [0.2, 0.25) is 0 Å². The maximum absolute atomic E-state index is 12.6. The molecule has 2 rings (SSSR count). The third-order valence-corrected chi connectivity index (χ3v) is 5.52. The predicted molar refractivity (Wildman–Crippen MR) is 78.4 cm³/mol. The monoisotopic (exact) mass is 342 g/mol. The molecule has 0 aliphatic heterocycles. The van der Waals surface area contributed by atoms with E-state index in [1.165, 1.54) is 28.4 Å². The topological polar surface area (TPSA) is 105 Å². The second kappa shape index (κ2) is 6.41. The van der Waals surface area contributed by atoms with Crippen molar-refractivity contribution in [3.8, 4) is 0 Å². The van der Waals surface area contributed by atoms with E-state index in [9.17, 15) is 19.2 Å². The molecule has 0 amide bonds. The number of esters is 4. The van der Waals surface area contributed by atoms with Crippen LogP contribution < -0.4 is 0 Å². The molecular formula is C16H22O8. The van der Waals surface area contributed by atoms with Gasteiger partial charge in [-0.3, -0.25) is 19.2 Å². The van der Waals surface area contributed by atoms with Crippen LogP contribution in [0.3, 0.4) is 0 Å². The van der Waals surface area contributed by atoms with E-state index in [-0.39, 0.29) is 25.7 Å². The van der Waals surface area contributed by atoms with E-state index in [2.05, 4.69) is 0 Å². The molecule has 0 bridgehead atoms. The molecule has 0 N–H and O–H groups in total. The highest BCUT2D eigenvalue weighted by Gasteiger charge is 2.73. The highest BCUT2D eigenvalue weighted by Crippen LogP contribution is 2.67. The van der Waals surface area contributed by atoms with Crippen molar-refractivity contribution in [1.82, 2.24) is 0 Å². The van der Waals surface area contributed by atoms with Crippen LogP contribution in [0.5, 0.6) is 0 Å². The van der Waals surface area contributed by atoms with Crippen LogP contribution in [0.2, 0.25) is 0 Å². The number of fused-ring (bicyclic) bond motifs is 1. The molecule has 0 aromatic carbocycles. The minimum Gasteiger partial charge on any atom is -0.469 e. The van der Waals surface area contributed by atoms with Crippen molar-refractivity contribution >= 4 is 23.9 Å². The Hall–Kier alpha value is -2.12. The molecule has 134 valence electrons. The summed E-state index contributed by atoms with van der Waals surface area (Å²) >= 11 is 0. The second-order valence-corrected chi connectivity index (χ2v) is 6.40. The van der Waals surface area contributed by atoms with Gasteiger partial charge in [0.25, 0.3) is 0 Å². The van der Waals surface area contributed by atoms with E-state index in [0.717, 1.165) is 0 Å². The van der Waals surface area contributed by atoms with Crippen LogP contribution in [0.1, 0.15) is 25.7 Å². The Bertz CT molecular complexity index is 504. The number of carbonyl (C=O) groups excluding carboxylic acids is 4. The minimum atomic E-state index is -1.30. The van der Waals surface area contributed by atoms with Gasteiger partial charge < -0.3 is 18.9 Å². The lowest BCUT2D eigenvalue weighted by Crippen LogP contribution is -2.46. The molecule has 8 heteroatoms. The second-order valence-electron chi connectivity index (χ2n) is 6.40. The highest BCUT2D eigenvalue weighted by molar-refractivity contribution is 5.93. The summed E-state index contributed by atoms with van der Waals surface area (Å²) in [5.41, 5.74) is -2.60. The fraction of sp³-hybridized carbons (Fsp3) is 0.750. The third-order valence-electron chi connectivity index (χ3n) is 5.52. The number of rotatable bonds is 4. The maximum atomic E-state index is 12.6. The van der Waals surface area contributed by atoms with E-state index < -0.39 is 46.5 Å². The molecule has 0 radical (unpaired) electrons. The fourth-order valence-corrected chi connectivity index (χ4v) is 4.56. The number of hydrogen-bond acceptors (Lipinski definition) is 8. The van der Waals surface area contributed by atoms with E-state index in [1.54, 1.807) is 0 Å². The maximum Gasteiger partial charge on any atom is 0.313 e. The summed E-state index contributed by atoms with van der Waals surface area (Å²) in [7, 11) is 4.94. The van der Waals surface area contributed by atoms with E-state index in [1.807, 2.05) is 0 Å². The molecule has 0 unspecified atom stereocenters. The van der Waals surface area contributed by atoms with Crippen LogP contribution in [0, 0.1) is 22.7 Å². The molecule has 0 spiro atoms. The van der Waals surface area contributed by atoms with Crippen LogP contribution in [-0.2, 0) is 38.1 Å². The summed E-state index contributed by atoms with van der Waals surface area (Å²) in [5, 5.41) is 0. The largest absolute Gasteiger partial charge is 0.469 e. The zero-order valence-corrected chi connectivity index (χ0v) is 14.2. The van der Waals surface area contributed by atoms with Crippen molar-refractivity contribution in [3.63, 3.8) is 0 Å². The number of methoxy groups -OCH3 is 4. The molecule has 2 saturated carbocycles. The first-order valence-corrected chi connectivity index (χ1v) is 7.64. The Morgan fingerprint density at radius 2 is 0.917 bits per heavy atom. The Morgan fingerprint density at radius 1 is 0.625 bits per heavy atom. The third kappa shape index (κ3) is 2.35. The molecule has 24 heavy (non-hydrogen) atoms. The Labute approximate surface area is 139 Å². The first-order chi connectivity index (χ1) is 11.3. The van der Waals surface area contributed by atoms with Gasteiger partial charge in [0, 0.05) is 0 Å². The van der Waals surface area contributed by atoms with E-state index in [0.29, 0.717) is 0 Å². The van der Waals surface area contributed by atoms with Crippen LogP contribution in [0.4, 0.5) is 0 Å². The van der Waals surface area contributed by atoms with Gasteiger partial charge >= 0.3 is 23.9 Å². The van der Waals surface area contributed by atoms with E-state index >= 15 is 0 Å². The number of ether oxygens (including phenoxy) is 4. The first-order valence-electron chi connectivity index (χ1n) is 7.64. The van der Waals surface area contributed by atoms with Gasteiger partial charge in [-0.15, -0.1) is 0 Å². The fourth-order valence-electron chi connectivity index (χ4n) is 4.56. The smallest absolute Gasteiger partial charge is 0.313 e. The average Bonchev–Trinajstić information content (AvgIpc) is 3.10. The van der Waals surface area contributed by atoms with Gasteiger partial charge in [-0.25, -0.2) is 0 Å². The first kappa shape index (κ1) is 18.2. The van der Waals surface area contributed by atoms with Gasteiger partial charge in [-0.05, 0) is 25.7 Å². The zero-order valence-electron chi connectivity index (χ0n) is 14.2. The molecule has 0 aromatic heterocycles. The number of hydrogen-bond donors (Lipinski definition) is 0. The summed E-state index contributed by atoms with van der Waals surface area (Å²) in [6, 6.07) is 0. The lowest BCUT2D eigenvalue weighted by Gasteiger charge is -2.35. The quantitative estimate of drug-likeness (QED) is 0.536. The Kier molecular flexibility index (Phi) is 4.87. The highest BCUT2D eigenvalue weighted by atomic mass is 16.5. The summed E-state index contributed by atoms with van der Waals surface area (Å²) in [6.45, 7) is 0. The van der Waals surface area contributed by atoms with Crippen molar-refractivity contribution in [2.75, 3.05) is 28.4 Å². The summed E-state index contributed by atoms with van der Waals surface area (Å²) in [4.78, 5) is 49.3. The molecule has 2 fully saturated rings. The molecule has 0 saturated heterocycles. The molecule has 0 atom stereocenters. The van der Waals surface area contributed by atoms with Crippen LogP contribution >= 0.6 is 0 Å². The van der Waals surface area contributed by atoms with Crippen molar-refractivity contribution in [2.45, 2.75) is 25.7 Å². The lowest BCUT2D eigenvalue weighted by molar-refractivity contribution is -0.172. The molecular weight excluding hydrogens is 320 g/mol. The standard InChI is InChI=1S/C16H22O8/c1-21-11(17)9-5-15(13(19)23-3)7-10(12(18)22-2)8-16(15,6-9)14(20)24-4/h9-10H,5-8H2,1-4H3. The van der Waals surface area contributed by atoms with Crippen LogP contribution in [-0.4, -0.2) is 52.3 Å². The molecule has 2 aliphatic rings. The van der Waals surface area contributed by atoms with Crippen molar-refractivity contribution < 1.29 is 38.1 Å². The molecule has 0 heterocycles. The van der Waals surface area contributed by atoms with Crippen molar-refractivity contribution in [1.29, 1.82) is 0 Å². The van der Waals surface area contributed by atoms with Gasteiger partial charge in [0.15, 0.2) is 0 Å². The SMILES string of the molecule is COC(=O)C1CC2(C(=O)OC)CC(C(=O)OC)CC2(C(=O)OC)C1. The van der Waals surface area contributed by atoms with Crippen molar-refractivity contribution in [3.05, 3.63) is 0 Å². The van der Waals surface area contributed by atoms with Crippen molar-refractivity contribution in [2.24, 2.45) is 22.7 Å².